The summed E-state index contributed by atoms with van der Waals surface area (Å²) < 4.78 is 5.86. The lowest BCUT2D eigenvalue weighted by molar-refractivity contribution is -0.145. The van der Waals surface area contributed by atoms with Gasteiger partial charge in [0.1, 0.15) is 6.10 Å². The lowest BCUT2D eigenvalue weighted by Gasteiger charge is -2.52. The number of fused-ring (bicyclic) bond motifs is 2. The number of piperazine rings is 1. The molecule has 1 saturated carbocycles. The van der Waals surface area contributed by atoms with Gasteiger partial charge in [0.15, 0.2) is 0 Å². The third-order valence-electron chi connectivity index (χ3n) is 9.31. The van der Waals surface area contributed by atoms with Crippen molar-refractivity contribution in [2.75, 3.05) is 37.6 Å². The minimum Gasteiger partial charge on any atom is -0.461 e. The van der Waals surface area contributed by atoms with Crippen LogP contribution in [0.4, 0.5) is 5.69 Å². The van der Waals surface area contributed by atoms with E-state index in [1.165, 1.54) is 22.4 Å². The molecule has 2 saturated heterocycles. The minimum atomic E-state index is -0.518. The maximum absolute atomic E-state index is 12.9. The van der Waals surface area contributed by atoms with Crippen molar-refractivity contribution in [1.29, 1.82) is 0 Å². The molecule has 1 aromatic carbocycles. The number of anilines is 1. The molecule has 1 N–H and O–H groups in total. The van der Waals surface area contributed by atoms with E-state index < -0.39 is 6.10 Å². The second kappa shape index (κ2) is 8.18. The predicted octanol–water partition coefficient (Wildman–Crippen LogP) is 3.71. The molecule has 0 unspecified atom stereocenters. The number of aryl methyl sites for hydroxylation is 1. The van der Waals surface area contributed by atoms with E-state index in [9.17, 15) is 9.90 Å². The molecule has 5 nitrogen and oxygen atoms in total. The summed E-state index contributed by atoms with van der Waals surface area (Å²) in [5, 5.41) is 11.6. The zero-order valence-electron chi connectivity index (χ0n) is 20.0. The highest BCUT2D eigenvalue weighted by atomic mass is 16.6. The first-order valence-corrected chi connectivity index (χ1v) is 12.4. The molecular weight excluding hydrogens is 400 g/mol. The van der Waals surface area contributed by atoms with Gasteiger partial charge in [-0.25, -0.2) is 0 Å². The molecule has 0 amide bonds. The van der Waals surface area contributed by atoms with Crippen LogP contribution in [0.3, 0.4) is 0 Å². The second-order valence-corrected chi connectivity index (χ2v) is 10.8. The monoisotopic (exact) mass is 438 g/mol. The summed E-state index contributed by atoms with van der Waals surface area (Å²) in [4.78, 5) is 17.8. The molecule has 5 rings (SSSR count). The summed E-state index contributed by atoms with van der Waals surface area (Å²) in [5.74, 6) is -0.000529. The molecule has 0 spiro atoms. The largest absolute Gasteiger partial charge is 0.461 e. The number of nitrogens with zero attached hydrogens (tertiary/aromatic N) is 2. The first-order valence-electron chi connectivity index (χ1n) is 12.4. The Hall–Kier alpha value is -1.85. The maximum atomic E-state index is 12.9. The van der Waals surface area contributed by atoms with Crippen LogP contribution in [0.5, 0.6) is 0 Å². The standard InChI is InChI=1S/C27H38N2O3/c1-17-7-5-10-22(19(17)3)29-13-11-28(12-14-29)16-21-24-23(32-26(21)31)15-20-9-6-8-18(2)27(20,4)25(24)30/h5,7,9-10,18,21,23-25,30H,6,8,11-16H2,1-4H3/t18-,21-,23+,24+,25-,27+/m0/s1. The molecule has 2 aliphatic carbocycles. The lowest BCUT2D eigenvalue weighted by Crippen LogP contribution is -2.55. The Labute approximate surface area is 192 Å². The van der Waals surface area contributed by atoms with Crippen LogP contribution in [0.1, 0.15) is 44.2 Å². The van der Waals surface area contributed by atoms with Crippen molar-refractivity contribution in [3.63, 3.8) is 0 Å². The van der Waals surface area contributed by atoms with Gasteiger partial charge in [0.2, 0.25) is 0 Å². The highest BCUT2D eigenvalue weighted by Crippen LogP contribution is 2.56. The van der Waals surface area contributed by atoms with Crippen LogP contribution in [0, 0.1) is 37.0 Å². The van der Waals surface area contributed by atoms with Crippen molar-refractivity contribution in [2.24, 2.45) is 23.2 Å². The van der Waals surface area contributed by atoms with Crippen molar-refractivity contribution in [2.45, 2.75) is 59.2 Å². The number of carbonyl (C=O) groups excluding carboxylic acids is 1. The molecule has 4 aliphatic rings. The molecule has 174 valence electrons. The SMILES string of the molecule is Cc1cccc(N2CCN(C[C@@H]3C(=O)O[C@@H]4CC5=CCC[C@H](C)[C@@]5(C)[C@@H](O)[C@H]34)CC2)c1C. The van der Waals surface area contributed by atoms with Crippen LogP contribution in [-0.2, 0) is 9.53 Å². The van der Waals surface area contributed by atoms with Gasteiger partial charge in [-0.1, -0.05) is 37.6 Å². The molecule has 32 heavy (non-hydrogen) atoms. The molecule has 2 aliphatic heterocycles. The molecule has 3 fully saturated rings. The average molecular weight is 439 g/mol. The van der Waals surface area contributed by atoms with Gasteiger partial charge >= 0.3 is 5.97 Å². The zero-order chi connectivity index (χ0) is 22.6. The molecule has 1 aromatic rings. The quantitative estimate of drug-likeness (QED) is 0.576. The first-order chi connectivity index (χ1) is 15.3. The number of hydrogen-bond acceptors (Lipinski definition) is 5. The summed E-state index contributed by atoms with van der Waals surface area (Å²) in [6.45, 7) is 13.3. The van der Waals surface area contributed by atoms with Crippen molar-refractivity contribution in [3.05, 3.63) is 41.0 Å². The molecule has 0 radical (unpaired) electrons. The average Bonchev–Trinajstić information content (AvgIpc) is 3.08. The Kier molecular flexibility index (Phi) is 5.61. The van der Waals surface area contributed by atoms with Gasteiger partial charge in [-0.15, -0.1) is 0 Å². The zero-order valence-corrected chi connectivity index (χ0v) is 20.0. The number of esters is 1. The van der Waals surface area contributed by atoms with Gasteiger partial charge in [-0.05, 0) is 49.8 Å². The fraction of sp³-hybridized carbons (Fsp3) is 0.667. The van der Waals surface area contributed by atoms with Gasteiger partial charge in [-0.3, -0.25) is 9.69 Å². The van der Waals surface area contributed by atoms with E-state index in [2.05, 4.69) is 61.8 Å². The smallest absolute Gasteiger partial charge is 0.311 e. The fourth-order valence-electron chi connectivity index (χ4n) is 6.80. The van der Waals surface area contributed by atoms with E-state index in [0.29, 0.717) is 12.5 Å². The summed E-state index contributed by atoms with van der Waals surface area (Å²) in [7, 11) is 0. The van der Waals surface area contributed by atoms with Crippen LogP contribution in [-0.4, -0.2) is 60.9 Å². The normalized spacial score (nSPS) is 37.5. The molecular formula is C27H38N2O3. The number of aliphatic hydroxyl groups is 1. The number of allylic oxidation sites excluding steroid dienone is 1. The molecule has 0 bridgehead atoms. The van der Waals surface area contributed by atoms with Crippen molar-refractivity contribution < 1.29 is 14.6 Å². The fourth-order valence-corrected chi connectivity index (χ4v) is 6.80. The Morgan fingerprint density at radius 1 is 1.19 bits per heavy atom. The first kappa shape index (κ1) is 22.0. The van der Waals surface area contributed by atoms with E-state index in [-0.39, 0.29) is 29.3 Å². The Bertz CT molecular complexity index is 919. The van der Waals surface area contributed by atoms with Gasteiger partial charge in [0.25, 0.3) is 0 Å². The van der Waals surface area contributed by atoms with E-state index in [4.69, 9.17) is 4.74 Å². The highest BCUT2D eigenvalue weighted by molar-refractivity contribution is 5.76. The minimum absolute atomic E-state index is 0.0951. The molecule has 0 aromatic heterocycles. The van der Waals surface area contributed by atoms with Crippen LogP contribution < -0.4 is 4.90 Å². The molecule has 2 heterocycles. The van der Waals surface area contributed by atoms with Crippen LogP contribution in [0.15, 0.2) is 29.8 Å². The van der Waals surface area contributed by atoms with Crippen molar-refractivity contribution in [1.82, 2.24) is 4.90 Å². The summed E-state index contributed by atoms with van der Waals surface area (Å²) in [6, 6.07) is 6.52. The summed E-state index contributed by atoms with van der Waals surface area (Å²) in [5.41, 5.74) is 5.08. The number of hydrogen-bond donors (Lipinski definition) is 1. The van der Waals surface area contributed by atoms with E-state index >= 15 is 0 Å². The second-order valence-electron chi connectivity index (χ2n) is 10.8. The van der Waals surface area contributed by atoms with Gasteiger partial charge < -0.3 is 14.7 Å². The molecule has 5 heteroatoms. The van der Waals surface area contributed by atoms with Crippen molar-refractivity contribution >= 4 is 11.7 Å². The Balaban J connectivity index is 1.28. The number of rotatable bonds is 3. The number of aliphatic hydroxyl groups excluding tert-OH is 1. The van der Waals surface area contributed by atoms with Crippen LogP contribution >= 0.6 is 0 Å². The van der Waals surface area contributed by atoms with Crippen molar-refractivity contribution in [3.8, 4) is 0 Å². The van der Waals surface area contributed by atoms with E-state index in [1.54, 1.807) is 0 Å². The maximum Gasteiger partial charge on any atom is 0.311 e. The summed E-state index contributed by atoms with van der Waals surface area (Å²) >= 11 is 0. The van der Waals surface area contributed by atoms with Crippen LogP contribution in [0.2, 0.25) is 0 Å². The highest BCUT2D eigenvalue weighted by Gasteiger charge is 2.59. The number of benzene rings is 1. The topological polar surface area (TPSA) is 53.0 Å². The van der Waals surface area contributed by atoms with E-state index in [0.717, 1.165) is 45.4 Å². The third kappa shape index (κ3) is 3.40. The van der Waals surface area contributed by atoms with Gasteiger partial charge in [0, 0.05) is 56.2 Å². The molecule has 6 atom stereocenters. The van der Waals surface area contributed by atoms with Crippen LogP contribution in [0.25, 0.3) is 0 Å². The van der Waals surface area contributed by atoms with Gasteiger partial charge in [-0.2, -0.15) is 0 Å². The predicted molar refractivity (Wildman–Crippen MR) is 127 cm³/mol. The Morgan fingerprint density at radius 2 is 1.94 bits per heavy atom. The third-order valence-corrected chi connectivity index (χ3v) is 9.31. The Morgan fingerprint density at radius 3 is 2.69 bits per heavy atom. The summed E-state index contributed by atoms with van der Waals surface area (Å²) in [6.07, 6.45) is 4.59. The number of carbonyl (C=O) groups is 1. The number of ether oxygens (including phenoxy) is 1. The van der Waals surface area contributed by atoms with Gasteiger partial charge in [0.05, 0.1) is 12.0 Å². The van der Waals surface area contributed by atoms with E-state index in [1.807, 2.05) is 0 Å². The lowest BCUT2D eigenvalue weighted by atomic mass is 9.55.